The zero-order valence-corrected chi connectivity index (χ0v) is 13.2. The van der Waals surface area contributed by atoms with Crippen molar-refractivity contribution in [2.45, 2.75) is 6.92 Å². The second-order valence-electron chi connectivity index (χ2n) is 4.63. The van der Waals surface area contributed by atoms with Crippen molar-refractivity contribution in [3.63, 3.8) is 0 Å². The van der Waals surface area contributed by atoms with Gasteiger partial charge >= 0.3 is 0 Å². The normalized spacial score (nSPS) is 10.0. The van der Waals surface area contributed by atoms with Gasteiger partial charge in [0.05, 0.1) is 5.69 Å². The van der Waals surface area contributed by atoms with E-state index >= 15 is 0 Å². The molecule has 2 rings (SSSR count). The highest BCUT2D eigenvalue weighted by Crippen LogP contribution is 2.22. The number of carbonyl (C=O) groups excluding carboxylic acids is 1. The molecule has 0 saturated carbocycles. The van der Waals surface area contributed by atoms with Crippen molar-refractivity contribution in [3.05, 3.63) is 41.8 Å². The number of rotatable bonds is 5. The van der Waals surface area contributed by atoms with Gasteiger partial charge in [0.1, 0.15) is 0 Å². The van der Waals surface area contributed by atoms with Crippen molar-refractivity contribution in [2.75, 3.05) is 27.2 Å². The predicted molar refractivity (Wildman–Crippen MR) is 84.8 cm³/mol. The molecular formula is C15H20ClN3O2. The Labute approximate surface area is 130 Å². The van der Waals surface area contributed by atoms with Gasteiger partial charge in [-0.3, -0.25) is 4.79 Å². The van der Waals surface area contributed by atoms with Gasteiger partial charge in [-0.2, -0.15) is 0 Å². The summed E-state index contributed by atoms with van der Waals surface area (Å²) in [6.07, 6.45) is 0. The largest absolute Gasteiger partial charge is 0.431 e. The lowest BCUT2D eigenvalue weighted by atomic mass is 10.2. The van der Waals surface area contributed by atoms with Crippen LogP contribution in [0.25, 0.3) is 11.5 Å². The van der Waals surface area contributed by atoms with Gasteiger partial charge in [-0.15, -0.1) is 12.4 Å². The average molecular weight is 310 g/mol. The molecule has 1 aromatic carbocycles. The van der Waals surface area contributed by atoms with Crippen LogP contribution in [0.1, 0.15) is 16.2 Å². The molecule has 0 unspecified atom stereocenters. The summed E-state index contributed by atoms with van der Waals surface area (Å²) in [6, 6.07) is 9.57. The molecule has 0 radical (unpaired) electrons. The lowest BCUT2D eigenvalue weighted by Gasteiger charge is -2.15. The topological polar surface area (TPSA) is 58.4 Å². The highest BCUT2D eigenvalue weighted by Gasteiger charge is 2.21. The standard InChI is InChI=1S/C15H19N3O2.ClH/c1-11-13(15(19)18(3)10-9-16-2)20-14(17-11)12-7-5-4-6-8-12;/h4-8,16H,9-10H2,1-3H3;1H. The summed E-state index contributed by atoms with van der Waals surface area (Å²) in [7, 11) is 3.61. The van der Waals surface area contributed by atoms with Crippen molar-refractivity contribution in [1.29, 1.82) is 0 Å². The van der Waals surface area contributed by atoms with E-state index in [1.807, 2.05) is 37.4 Å². The van der Waals surface area contributed by atoms with Gasteiger partial charge in [-0.25, -0.2) is 4.98 Å². The molecule has 0 saturated heterocycles. The van der Waals surface area contributed by atoms with Crippen molar-refractivity contribution >= 4 is 18.3 Å². The summed E-state index contributed by atoms with van der Waals surface area (Å²) >= 11 is 0. The summed E-state index contributed by atoms with van der Waals surface area (Å²) in [4.78, 5) is 18.2. The first-order valence-corrected chi connectivity index (χ1v) is 6.56. The Hall–Kier alpha value is -1.85. The molecule has 0 aliphatic heterocycles. The molecule has 6 heteroatoms. The second-order valence-corrected chi connectivity index (χ2v) is 4.63. The molecule has 1 aromatic heterocycles. The Morgan fingerprint density at radius 1 is 1.33 bits per heavy atom. The Kier molecular flexibility index (Phi) is 6.39. The van der Waals surface area contributed by atoms with E-state index < -0.39 is 0 Å². The van der Waals surface area contributed by atoms with E-state index in [4.69, 9.17) is 4.42 Å². The summed E-state index contributed by atoms with van der Waals surface area (Å²) in [5.41, 5.74) is 1.48. The molecule has 1 amide bonds. The lowest BCUT2D eigenvalue weighted by Crippen LogP contribution is -2.32. The maximum absolute atomic E-state index is 12.3. The third-order valence-electron chi connectivity index (χ3n) is 3.06. The predicted octanol–water partition coefficient (Wildman–Crippen LogP) is 2.36. The maximum Gasteiger partial charge on any atom is 0.291 e. The number of halogens is 1. The molecule has 0 aliphatic rings. The quantitative estimate of drug-likeness (QED) is 0.921. The monoisotopic (exact) mass is 309 g/mol. The lowest BCUT2D eigenvalue weighted by molar-refractivity contribution is 0.0765. The van der Waals surface area contributed by atoms with E-state index in [1.54, 1.807) is 18.9 Å². The fourth-order valence-corrected chi connectivity index (χ4v) is 1.85. The first-order valence-electron chi connectivity index (χ1n) is 6.56. The van der Waals surface area contributed by atoms with E-state index in [-0.39, 0.29) is 18.3 Å². The Morgan fingerprint density at radius 3 is 2.62 bits per heavy atom. The number of amides is 1. The van der Waals surface area contributed by atoms with Crippen LogP contribution in [0.5, 0.6) is 0 Å². The number of likely N-dealkylation sites (N-methyl/N-ethyl adjacent to an activating group) is 2. The number of nitrogens with zero attached hydrogens (tertiary/aromatic N) is 2. The molecule has 2 aromatic rings. The highest BCUT2D eigenvalue weighted by atomic mass is 35.5. The third kappa shape index (κ3) is 4.06. The first-order chi connectivity index (χ1) is 9.63. The molecule has 0 bridgehead atoms. The van der Waals surface area contributed by atoms with Crippen LogP contribution < -0.4 is 5.32 Å². The van der Waals surface area contributed by atoms with Gasteiger partial charge in [-0.05, 0) is 26.1 Å². The molecule has 114 valence electrons. The van der Waals surface area contributed by atoms with Gasteiger partial charge in [0.25, 0.3) is 5.91 Å². The molecule has 1 N–H and O–H groups in total. The van der Waals surface area contributed by atoms with Crippen molar-refractivity contribution < 1.29 is 9.21 Å². The second kappa shape index (κ2) is 7.81. The molecular weight excluding hydrogens is 290 g/mol. The zero-order chi connectivity index (χ0) is 14.5. The fourth-order valence-electron chi connectivity index (χ4n) is 1.85. The van der Waals surface area contributed by atoms with E-state index in [2.05, 4.69) is 10.3 Å². The van der Waals surface area contributed by atoms with Crippen LogP contribution in [0, 0.1) is 6.92 Å². The molecule has 0 fully saturated rings. The zero-order valence-electron chi connectivity index (χ0n) is 12.4. The molecule has 1 heterocycles. The molecule has 5 nitrogen and oxygen atoms in total. The fraction of sp³-hybridized carbons (Fsp3) is 0.333. The maximum atomic E-state index is 12.3. The van der Waals surface area contributed by atoms with Crippen LogP contribution in [0.15, 0.2) is 34.7 Å². The van der Waals surface area contributed by atoms with Gasteiger partial charge in [0, 0.05) is 25.7 Å². The minimum absolute atomic E-state index is 0. The number of hydrogen-bond acceptors (Lipinski definition) is 4. The van der Waals surface area contributed by atoms with E-state index in [0.717, 1.165) is 12.1 Å². The van der Waals surface area contributed by atoms with Crippen LogP contribution in [-0.2, 0) is 0 Å². The SMILES string of the molecule is CNCCN(C)C(=O)c1oc(-c2ccccc2)nc1C.Cl. The molecule has 0 atom stereocenters. The number of nitrogens with one attached hydrogen (secondary N) is 1. The summed E-state index contributed by atoms with van der Waals surface area (Å²) in [6.45, 7) is 3.15. The number of aromatic nitrogens is 1. The Morgan fingerprint density at radius 2 is 2.00 bits per heavy atom. The first kappa shape index (κ1) is 17.2. The van der Waals surface area contributed by atoms with Crippen molar-refractivity contribution in [1.82, 2.24) is 15.2 Å². The third-order valence-corrected chi connectivity index (χ3v) is 3.06. The molecule has 0 aliphatic carbocycles. The number of benzene rings is 1. The van der Waals surface area contributed by atoms with Gasteiger partial charge in [0.15, 0.2) is 0 Å². The van der Waals surface area contributed by atoms with E-state index in [9.17, 15) is 4.79 Å². The van der Waals surface area contributed by atoms with Gasteiger partial charge < -0.3 is 14.6 Å². The van der Waals surface area contributed by atoms with Crippen molar-refractivity contribution in [3.8, 4) is 11.5 Å². The number of hydrogen-bond donors (Lipinski definition) is 1. The minimum Gasteiger partial charge on any atom is -0.431 e. The van der Waals surface area contributed by atoms with Crippen LogP contribution in [0.2, 0.25) is 0 Å². The Bertz CT molecular complexity index is 584. The smallest absolute Gasteiger partial charge is 0.291 e. The number of aryl methyl sites for hydroxylation is 1. The molecule has 0 spiro atoms. The van der Waals surface area contributed by atoms with Gasteiger partial charge in [-0.1, -0.05) is 18.2 Å². The summed E-state index contributed by atoms with van der Waals surface area (Å²) in [5, 5.41) is 3.01. The number of carbonyl (C=O) groups is 1. The Balaban J connectivity index is 0.00000220. The van der Waals surface area contributed by atoms with Gasteiger partial charge in [0.2, 0.25) is 11.7 Å². The number of oxazole rings is 1. The van der Waals surface area contributed by atoms with E-state index in [0.29, 0.717) is 23.9 Å². The van der Waals surface area contributed by atoms with Crippen molar-refractivity contribution in [2.24, 2.45) is 0 Å². The minimum atomic E-state index is -0.146. The van der Waals surface area contributed by atoms with Crippen LogP contribution >= 0.6 is 12.4 Å². The van der Waals surface area contributed by atoms with E-state index in [1.165, 1.54) is 0 Å². The highest BCUT2D eigenvalue weighted by molar-refractivity contribution is 5.92. The summed E-state index contributed by atoms with van der Waals surface area (Å²) in [5.74, 6) is 0.642. The van der Waals surface area contributed by atoms with Crippen LogP contribution in [0.3, 0.4) is 0 Å². The summed E-state index contributed by atoms with van der Waals surface area (Å²) < 4.78 is 5.64. The van der Waals surface area contributed by atoms with Crippen LogP contribution in [0.4, 0.5) is 0 Å². The van der Waals surface area contributed by atoms with Crippen LogP contribution in [-0.4, -0.2) is 43.0 Å². The average Bonchev–Trinajstić information content (AvgIpc) is 2.87. The molecule has 21 heavy (non-hydrogen) atoms.